The topological polar surface area (TPSA) is 67.3 Å². The lowest BCUT2D eigenvalue weighted by Gasteiger charge is -2.23. The quantitative estimate of drug-likeness (QED) is 0.451. The average Bonchev–Trinajstić information content (AvgIpc) is 3.20. The van der Waals surface area contributed by atoms with Crippen LogP contribution in [-0.2, 0) is 10.2 Å². The van der Waals surface area contributed by atoms with Crippen molar-refractivity contribution in [1.82, 2.24) is 9.97 Å². The molecule has 2 aromatic carbocycles. The summed E-state index contributed by atoms with van der Waals surface area (Å²) < 4.78 is 5.26. The fourth-order valence-electron chi connectivity index (χ4n) is 4.17. The summed E-state index contributed by atoms with van der Waals surface area (Å²) in [5.74, 6) is 1.38. The molecule has 3 aromatic rings. The third-order valence-corrected chi connectivity index (χ3v) is 6.38. The molecule has 0 spiro atoms. The zero-order valence-electron chi connectivity index (χ0n) is 20.9. The number of cyclic esters (lactones) is 1. The Kier molecular flexibility index (Phi) is 6.60. The van der Waals surface area contributed by atoms with E-state index in [1.165, 1.54) is 16.7 Å². The molecule has 1 aliphatic rings. The Morgan fingerprint density at radius 2 is 1.76 bits per heavy atom. The molecule has 0 unspecified atom stereocenters. The number of rotatable bonds is 6. The van der Waals surface area contributed by atoms with Gasteiger partial charge in [-0.3, -0.25) is 9.88 Å². The number of benzene rings is 2. The van der Waals surface area contributed by atoms with E-state index in [0.717, 1.165) is 5.56 Å². The van der Waals surface area contributed by atoms with E-state index >= 15 is 0 Å². The standard InChI is InChI=1S/C28H34N4O2/c1-18(2)24-17-34-27(33)32(24)26-16-29-15-25(31-26)30-19(3)20-10-12-21(13-11-20)22-8-7-9-23(14-22)28(4,5)6/h7-16,18-19,24H,17H2,1-6H3,(H,30,31)/t19-,24+/m0/s1. The van der Waals surface area contributed by atoms with E-state index in [1.807, 2.05) is 0 Å². The summed E-state index contributed by atoms with van der Waals surface area (Å²) in [5.41, 5.74) is 4.99. The smallest absolute Gasteiger partial charge is 0.415 e. The van der Waals surface area contributed by atoms with Crippen LogP contribution in [0.25, 0.3) is 11.1 Å². The van der Waals surface area contributed by atoms with E-state index in [2.05, 4.69) is 105 Å². The van der Waals surface area contributed by atoms with E-state index in [1.54, 1.807) is 17.3 Å². The van der Waals surface area contributed by atoms with Crippen molar-refractivity contribution in [2.75, 3.05) is 16.8 Å². The lowest BCUT2D eigenvalue weighted by Crippen LogP contribution is -2.37. The molecule has 6 nitrogen and oxygen atoms in total. The highest BCUT2D eigenvalue weighted by atomic mass is 16.6. The molecule has 1 fully saturated rings. The van der Waals surface area contributed by atoms with E-state index in [-0.39, 0.29) is 29.5 Å². The summed E-state index contributed by atoms with van der Waals surface area (Å²) in [6.45, 7) is 13.3. The minimum absolute atomic E-state index is 0.0194. The van der Waals surface area contributed by atoms with E-state index in [0.29, 0.717) is 18.2 Å². The van der Waals surface area contributed by atoms with Gasteiger partial charge >= 0.3 is 6.09 Å². The van der Waals surface area contributed by atoms with Crippen LogP contribution in [0.2, 0.25) is 0 Å². The zero-order chi connectivity index (χ0) is 24.5. The van der Waals surface area contributed by atoms with Crippen LogP contribution in [0, 0.1) is 5.92 Å². The molecule has 1 amide bonds. The van der Waals surface area contributed by atoms with Gasteiger partial charge in [0.1, 0.15) is 12.4 Å². The van der Waals surface area contributed by atoms with Gasteiger partial charge in [-0.05, 0) is 40.5 Å². The van der Waals surface area contributed by atoms with Crippen LogP contribution in [0.3, 0.4) is 0 Å². The van der Waals surface area contributed by atoms with Crippen molar-refractivity contribution >= 4 is 17.7 Å². The third-order valence-electron chi connectivity index (χ3n) is 6.38. The number of aromatic nitrogens is 2. The van der Waals surface area contributed by atoms with Gasteiger partial charge in [0.05, 0.1) is 18.4 Å². The molecule has 34 heavy (non-hydrogen) atoms. The van der Waals surface area contributed by atoms with Crippen LogP contribution < -0.4 is 10.2 Å². The first kappa shape index (κ1) is 23.7. The molecule has 1 N–H and O–H groups in total. The fraction of sp³-hybridized carbons (Fsp3) is 0.393. The van der Waals surface area contributed by atoms with Crippen molar-refractivity contribution in [3.05, 3.63) is 72.1 Å². The summed E-state index contributed by atoms with van der Waals surface area (Å²) in [6.07, 6.45) is 2.92. The maximum atomic E-state index is 12.3. The Hall–Kier alpha value is -3.41. The maximum absolute atomic E-state index is 12.3. The van der Waals surface area contributed by atoms with E-state index in [9.17, 15) is 4.79 Å². The molecule has 0 radical (unpaired) electrons. The summed E-state index contributed by atoms with van der Waals surface area (Å²) in [6, 6.07) is 17.3. The van der Waals surface area contributed by atoms with Crippen LogP contribution >= 0.6 is 0 Å². The monoisotopic (exact) mass is 458 g/mol. The summed E-state index contributed by atoms with van der Waals surface area (Å²) in [4.78, 5) is 22.9. The van der Waals surface area contributed by atoms with Crippen molar-refractivity contribution in [2.24, 2.45) is 5.92 Å². The Balaban J connectivity index is 1.49. The summed E-state index contributed by atoms with van der Waals surface area (Å²) in [5, 5.41) is 3.42. The van der Waals surface area contributed by atoms with Gasteiger partial charge in [-0.15, -0.1) is 0 Å². The fourth-order valence-corrected chi connectivity index (χ4v) is 4.17. The normalized spacial score (nSPS) is 17.1. The minimum atomic E-state index is -0.371. The first-order valence-electron chi connectivity index (χ1n) is 11.9. The number of carbonyl (C=O) groups is 1. The summed E-state index contributed by atoms with van der Waals surface area (Å²) in [7, 11) is 0. The minimum Gasteiger partial charge on any atom is -0.447 e. The van der Waals surface area contributed by atoms with E-state index in [4.69, 9.17) is 4.74 Å². The number of ether oxygens (including phenoxy) is 1. The first-order chi connectivity index (χ1) is 16.1. The van der Waals surface area contributed by atoms with Gasteiger partial charge in [-0.25, -0.2) is 9.78 Å². The van der Waals surface area contributed by atoms with Crippen molar-refractivity contribution in [3.63, 3.8) is 0 Å². The highest BCUT2D eigenvalue weighted by Gasteiger charge is 2.37. The molecule has 0 saturated carbocycles. The van der Waals surface area contributed by atoms with Crippen LogP contribution in [0.5, 0.6) is 0 Å². The molecule has 4 rings (SSSR count). The second-order valence-corrected chi connectivity index (χ2v) is 10.3. The van der Waals surface area contributed by atoms with Crippen LogP contribution in [-0.4, -0.2) is 28.7 Å². The van der Waals surface area contributed by atoms with Crippen molar-refractivity contribution in [3.8, 4) is 11.1 Å². The second kappa shape index (κ2) is 9.45. The Bertz CT molecular complexity index is 1150. The number of hydrogen-bond donors (Lipinski definition) is 1. The number of anilines is 2. The molecule has 178 valence electrons. The Morgan fingerprint density at radius 3 is 2.44 bits per heavy atom. The average molecular weight is 459 g/mol. The predicted octanol–water partition coefficient (Wildman–Crippen LogP) is 6.60. The van der Waals surface area contributed by atoms with Crippen LogP contribution in [0.4, 0.5) is 16.4 Å². The van der Waals surface area contributed by atoms with Crippen LogP contribution in [0.15, 0.2) is 60.9 Å². The number of nitrogens with zero attached hydrogens (tertiary/aromatic N) is 3. The van der Waals surface area contributed by atoms with Crippen LogP contribution in [0.1, 0.15) is 58.7 Å². The molecule has 1 aliphatic heterocycles. The molecule has 0 bridgehead atoms. The molecule has 2 heterocycles. The van der Waals surface area contributed by atoms with Gasteiger partial charge in [0.25, 0.3) is 0 Å². The summed E-state index contributed by atoms with van der Waals surface area (Å²) >= 11 is 0. The Labute approximate surface area is 202 Å². The van der Waals surface area contributed by atoms with Crippen molar-refractivity contribution < 1.29 is 9.53 Å². The predicted molar refractivity (Wildman–Crippen MR) is 137 cm³/mol. The van der Waals surface area contributed by atoms with Gasteiger partial charge in [0.15, 0.2) is 5.82 Å². The van der Waals surface area contributed by atoms with Crippen molar-refractivity contribution in [2.45, 2.75) is 59.0 Å². The number of carbonyl (C=O) groups excluding carboxylic acids is 1. The highest BCUT2D eigenvalue weighted by Crippen LogP contribution is 2.30. The molecule has 0 aliphatic carbocycles. The zero-order valence-corrected chi connectivity index (χ0v) is 20.9. The van der Waals surface area contributed by atoms with Gasteiger partial charge in [-0.1, -0.05) is 83.1 Å². The SMILES string of the molecule is CC(C)[C@H]1COC(=O)N1c1cncc(N[C@@H](C)c2ccc(-c3cccc(C(C)(C)C)c3)cc2)n1. The van der Waals surface area contributed by atoms with Gasteiger partial charge in [0, 0.05) is 6.04 Å². The molecule has 6 heteroatoms. The van der Waals surface area contributed by atoms with Gasteiger partial charge in [0.2, 0.25) is 0 Å². The molecular formula is C28H34N4O2. The number of nitrogens with one attached hydrogen (secondary N) is 1. The van der Waals surface area contributed by atoms with Crippen molar-refractivity contribution in [1.29, 1.82) is 0 Å². The molecule has 2 atom stereocenters. The second-order valence-electron chi connectivity index (χ2n) is 10.3. The van der Waals surface area contributed by atoms with E-state index < -0.39 is 0 Å². The van der Waals surface area contributed by atoms with Gasteiger partial charge < -0.3 is 10.1 Å². The number of hydrogen-bond acceptors (Lipinski definition) is 5. The molecule has 1 aromatic heterocycles. The lowest BCUT2D eigenvalue weighted by atomic mass is 9.85. The maximum Gasteiger partial charge on any atom is 0.415 e. The molecule has 1 saturated heterocycles. The Morgan fingerprint density at radius 1 is 1.03 bits per heavy atom. The third kappa shape index (κ3) is 5.06. The van der Waals surface area contributed by atoms with Gasteiger partial charge in [-0.2, -0.15) is 0 Å². The highest BCUT2D eigenvalue weighted by molar-refractivity contribution is 5.89. The lowest BCUT2D eigenvalue weighted by molar-refractivity contribution is 0.177. The first-order valence-corrected chi connectivity index (χ1v) is 11.9. The largest absolute Gasteiger partial charge is 0.447 e. The molecular weight excluding hydrogens is 424 g/mol. The number of amides is 1.